The number of nitrogen functional groups attached to an aromatic ring is 1. The molecule has 0 fully saturated rings. The zero-order chi connectivity index (χ0) is 19.8. The highest BCUT2D eigenvalue weighted by Gasteiger charge is 2.16. The number of rotatable bonds is 3. The number of carbonyl (C=O) groups excluding carboxylic acids is 1. The number of aromatic nitrogens is 3. The van der Waals surface area contributed by atoms with Crippen LogP contribution in [0.4, 0.5) is 10.6 Å². The van der Waals surface area contributed by atoms with Gasteiger partial charge >= 0.3 is 6.09 Å². The molecule has 4 rings (SSSR count). The third kappa shape index (κ3) is 2.96. The molecule has 4 aromatic rings. The predicted molar refractivity (Wildman–Crippen MR) is 106 cm³/mol. The molecule has 0 aliphatic carbocycles. The monoisotopic (exact) mass is 375 g/mol. The zero-order valence-electron chi connectivity index (χ0n) is 14.9. The van der Waals surface area contributed by atoms with E-state index in [9.17, 15) is 9.90 Å². The number of anilines is 1. The van der Waals surface area contributed by atoms with E-state index in [2.05, 4.69) is 15.2 Å². The van der Waals surface area contributed by atoms with Gasteiger partial charge in [-0.15, -0.1) is 0 Å². The number of pyridine rings is 1. The number of fused-ring (bicyclic) bond motifs is 1. The van der Waals surface area contributed by atoms with Crippen LogP contribution in [0.5, 0.6) is 11.6 Å². The highest BCUT2D eigenvalue weighted by Crippen LogP contribution is 2.37. The molecule has 8 nitrogen and oxygen atoms in total. The summed E-state index contributed by atoms with van der Waals surface area (Å²) in [5.74, 6) is 0.701. The summed E-state index contributed by atoms with van der Waals surface area (Å²) in [5, 5.41) is 17.4. The van der Waals surface area contributed by atoms with Gasteiger partial charge < -0.3 is 21.3 Å². The number of aromatic amines is 1. The second-order valence-corrected chi connectivity index (χ2v) is 6.31. The Morgan fingerprint density at radius 3 is 2.57 bits per heavy atom. The molecule has 0 atom stereocenters. The largest absolute Gasteiger partial charge is 0.508 e. The fourth-order valence-electron chi connectivity index (χ4n) is 3.19. The Morgan fingerprint density at radius 2 is 1.86 bits per heavy atom. The number of ether oxygens (including phenoxy) is 1. The number of nitrogens with one attached hydrogen (secondary N) is 1. The van der Waals surface area contributed by atoms with E-state index in [1.54, 1.807) is 25.3 Å². The molecule has 0 saturated heterocycles. The van der Waals surface area contributed by atoms with Crippen molar-refractivity contribution in [1.82, 2.24) is 15.2 Å². The molecular formula is C20H17N5O3. The number of phenols is 1. The lowest BCUT2D eigenvalue weighted by atomic mass is 9.94. The van der Waals surface area contributed by atoms with Crippen molar-refractivity contribution in [2.45, 2.75) is 6.92 Å². The topological polar surface area (TPSA) is 140 Å². The molecule has 6 N–H and O–H groups in total. The van der Waals surface area contributed by atoms with Gasteiger partial charge in [0.2, 0.25) is 5.88 Å². The summed E-state index contributed by atoms with van der Waals surface area (Å²) in [5.41, 5.74) is 16.0. The summed E-state index contributed by atoms with van der Waals surface area (Å²) in [4.78, 5) is 15.2. The molecule has 2 aromatic heterocycles. The molecule has 0 radical (unpaired) electrons. The first-order valence-electron chi connectivity index (χ1n) is 8.44. The predicted octanol–water partition coefficient (Wildman–Crippen LogP) is 3.35. The number of benzene rings is 2. The van der Waals surface area contributed by atoms with Crippen LogP contribution in [0.3, 0.4) is 0 Å². The number of aromatic hydroxyl groups is 1. The van der Waals surface area contributed by atoms with Crippen LogP contribution < -0.4 is 16.2 Å². The van der Waals surface area contributed by atoms with Crippen LogP contribution in [0.1, 0.15) is 5.56 Å². The fourth-order valence-corrected chi connectivity index (χ4v) is 3.19. The van der Waals surface area contributed by atoms with Crippen molar-refractivity contribution in [3.05, 3.63) is 54.2 Å². The van der Waals surface area contributed by atoms with Crippen molar-refractivity contribution in [1.29, 1.82) is 0 Å². The Kier molecular flexibility index (Phi) is 4.08. The van der Waals surface area contributed by atoms with Crippen molar-refractivity contribution in [3.8, 4) is 33.9 Å². The number of nitrogens with zero attached hydrogens (tertiary/aromatic N) is 2. The van der Waals surface area contributed by atoms with Crippen LogP contribution in [-0.4, -0.2) is 26.4 Å². The minimum absolute atomic E-state index is 0.149. The van der Waals surface area contributed by atoms with Gasteiger partial charge in [0.05, 0.1) is 5.52 Å². The molecule has 0 unspecified atom stereocenters. The summed E-state index contributed by atoms with van der Waals surface area (Å²) in [6.07, 6.45) is 0.621. The zero-order valence-corrected chi connectivity index (χ0v) is 14.9. The molecular weight excluding hydrogens is 358 g/mol. The molecule has 2 heterocycles. The van der Waals surface area contributed by atoms with E-state index in [4.69, 9.17) is 16.2 Å². The summed E-state index contributed by atoms with van der Waals surface area (Å²) in [6, 6.07) is 12.6. The van der Waals surface area contributed by atoms with Crippen LogP contribution >= 0.6 is 0 Å². The summed E-state index contributed by atoms with van der Waals surface area (Å²) < 4.78 is 4.99. The number of amides is 1. The van der Waals surface area contributed by atoms with Gasteiger partial charge in [-0.1, -0.05) is 12.1 Å². The van der Waals surface area contributed by atoms with Gasteiger partial charge in [0, 0.05) is 22.7 Å². The number of primary amides is 1. The van der Waals surface area contributed by atoms with Gasteiger partial charge in [-0.05, 0) is 53.9 Å². The van der Waals surface area contributed by atoms with Crippen molar-refractivity contribution in [2.24, 2.45) is 5.73 Å². The maximum Gasteiger partial charge on any atom is 0.411 e. The molecule has 8 heteroatoms. The van der Waals surface area contributed by atoms with Gasteiger partial charge in [0.1, 0.15) is 5.75 Å². The average Bonchev–Trinajstić information content (AvgIpc) is 3.04. The van der Waals surface area contributed by atoms with E-state index in [0.29, 0.717) is 11.4 Å². The standard InChI is InChI=1S/C20H17N5O3/c1-10-14(6-7-23-19(10)28-20(22)27)12-8-15(11-2-4-13(26)5-3-11)17-16(9-12)18(21)25-24-17/h2-9,26H,1H3,(H2,22,27)(H3,21,24,25). The minimum Gasteiger partial charge on any atom is -0.508 e. The smallest absolute Gasteiger partial charge is 0.411 e. The maximum atomic E-state index is 11.1. The Hall–Kier alpha value is -4.07. The van der Waals surface area contributed by atoms with Crippen molar-refractivity contribution < 1.29 is 14.6 Å². The molecule has 0 aliphatic rings. The molecule has 140 valence electrons. The van der Waals surface area contributed by atoms with Crippen LogP contribution in [0.2, 0.25) is 0 Å². The van der Waals surface area contributed by atoms with E-state index < -0.39 is 6.09 Å². The molecule has 0 saturated carbocycles. The van der Waals surface area contributed by atoms with E-state index in [0.717, 1.165) is 33.2 Å². The number of nitrogens with two attached hydrogens (primary N) is 2. The molecule has 0 bridgehead atoms. The summed E-state index contributed by atoms with van der Waals surface area (Å²) >= 11 is 0. The van der Waals surface area contributed by atoms with Gasteiger partial charge in [-0.2, -0.15) is 5.10 Å². The lowest BCUT2D eigenvalue weighted by molar-refractivity contribution is 0.208. The number of phenolic OH excluding ortho intramolecular Hbond substituents is 1. The lowest BCUT2D eigenvalue weighted by Gasteiger charge is -2.12. The van der Waals surface area contributed by atoms with Crippen molar-refractivity contribution in [3.63, 3.8) is 0 Å². The summed E-state index contributed by atoms with van der Waals surface area (Å²) in [7, 11) is 0. The molecule has 2 aromatic carbocycles. The highest BCUT2D eigenvalue weighted by atomic mass is 16.6. The second-order valence-electron chi connectivity index (χ2n) is 6.31. The van der Waals surface area contributed by atoms with Crippen LogP contribution in [0, 0.1) is 6.92 Å². The molecule has 28 heavy (non-hydrogen) atoms. The van der Waals surface area contributed by atoms with E-state index in [-0.39, 0.29) is 11.6 Å². The van der Waals surface area contributed by atoms with E-state index in [1.165, 1.54) is 0 Å². The normalized spacial score (nSPS) is 10.9. The number of H-pyrrole nitrogens is 1. The van der Waals surface area contributed by atoms with Crippen LogP contribution in [0.15, 0.2) is 48.7 Å². The summed E-state index contributed by atoms with van der Waals surface area (Å²) in [6.45, 7) is 1.80. The molecule has 1 amide bonds. The lowest BCUT2D eigenvalue weighted by Crippen LogP contribution is -2.17. The van der Waals surface area contributed by atoms with Crippen LogP contribution in [-0.2, 0) is 0 Å². The van der Waals surface area contributed by atoms with Crippen LogP contribution in [0.25, 0.3) is 33.2 Å². The quantitative estimate of drug-likeness (QED) is 0.433. The van der Waals surface area contributed by atoms with Crippen molar-refractivity contribution >= 4 is 22.8 Å². The van der Waals surface area contributed by atoms with Gasteiger partial charge in [-0.3, -0.25) is 5.10 Å². The third-order valence-corrected chi connectivity index (χ3v) is 4.55. The SMILES string of the molecule is Cc1c(-c2cc(-c3ccc(O)cc3)c3[nH]nc(N)c3c2)ccnc1OC(N)=O. The first-order chi connectivity index (χ1) is 13.4. The average molecular weight is 375 g/mol. The third-order valence-electron chi connectivity index (χ3n) is 4.55. The minimum atomic E-state index is -0.924. The van der Waals surface area contributed by atoms with Gasteiger partial charge in [0.25, 0.3) is 0 Å². The van der Waals surface area contributed by atoms with Gasteiger partial charge in [0.15, 0.2) is 5.82 Å². The Bertz CT molecular complexity index is 1200. The number of hydrogen-bond acceptors (Lipinski definition) is 6. The second kappa shape index (κ2) is 6.58. The Morgan fingerprint density at radius 1 is 1.11 bits per heavy atom. The fraction of sp³-hybridized carbons (Fsp3) is 0.0500. The first-order valence-corrected chi connectivity index (χ1v) is 8.44. The maximum absolute atomic E-state index is 11.1. The number of hydrogen-bond donors (Lipinski definition) is 4. The van der Waals surface area contributed by atoms with E-state index in [1.807, 2.05) is 30.3 Å². The molecule has 0 aliphatic heterocycles. The molecule has 0 spiro atoms. The number of carbonyl (C=O) groups is 1. The van der Waals surface area contributed by atoms with Gasteiger partial charge in [-0.25, -0.2) is 9.78 Å². The van der Waals surface area contributed by atoms with E-state index >= 15 is 0 Å². The first kappa shape index (κ1) is 17.3. The Labute approximate surface area is 159 Å². The Balaban J connectivity index is 1.95. The highest BCUT2D eigenvalue weighted by molar-refractivity contribution is 6.02. The van der Waals surface area contributed by atoms with Crippen molar-refractivity contribution in [2.75, 3.05) is 5.73 Å².